The number of nitrogens with zero attached hydrogens (tertiary/aromatic N) is 4. The lowest BCUT2D eigenvalue weighted by molar-refractivity contribution is 0.0981. The van der Waals surface area contributed by atoms with Crippen LogP contribution in [0.1, 0.15) is 54.1 Å². The van der Waals surface area contributed by atoms with Crippen LogP contribution in [0.2, 0.25) is 5.02 Å². The Kier molecular flexibility index (Phi) is 6.84. The molecule has 0 amide bonds. The summed E-state index contributed by atoms with van der Waals surface area (Å²) in [7, 11) is 1.86. The maximum absolute atomic E-state index is 12.3. The second-order valence-corrected chi connectivity index (χ2v) is 8.63. The van der Waals surface area contributed by atoms with E-state index in [-0.39, 0.29) is 5.78 Å². The van der Waals surface area contributed by atoms with Gasteiger partial charge in [0.2, 0.25) is 0 Å². The molecular weight excluding hydrogens is 436 g/mol. The Labute approximate surface area is 199 Å². The van der Waals surface area contributed by atoms with Crippen molar-refractivity contribution < 1.29 is 9.53 Å². The van der Waals surface area contributed by atoms with Gasteiger partial charge in [-0.15, -0.1) is 0 Å². The molecule has 7 heteroatoms. The lowest BCUT2D eigenvalue weighted by atomic mass is 10.1. The van der Waals surface area contributed by atoms with Crippen molar-refractivity contribution in [1.29, 1.82) is 0 Å². The van der Waals surface area contributed by atoms with Crippen molar-refractivity contribution in [2.24, 2.45) is 7.05 Å². The smallest absolute Gasteiger partial charge is 0.183 e. The Balaban J connectivity index is 1.61. The Hall–Kier alpha value is -3.12. The standard InChI is InChI=1S/C26H29ClN4O2/c1-5-7-20-15-28-25-11-8-18(16-31(20)25)22-10-9-19(27)14-24(22)33-13-12-21-17(3)30(4)29-26(21)23(32)6-2/h8-11,14-16H,5-7,12-13H2,1-4H3. The van der Waals surface area contributed by atoms with Gasteiger partial charge < -0.3 is 9.14 Å². The Bertz CT molecular complexity index is 1310. The molecule has 0 N–H and O–H groups in total. The fourth-order valence-corrected chi connectivity index (χ4v) is 4.25. The van der Waals surface area contributed by atoms with Crippen molar-refractivity contribution >= 4 is 23.0 Å². The fourth-order valence-electron chi connectivity index (χ4n) is 4.09. The van der Waals surface area contributed by atoms with Crippen molar-refractivity contribution in [1.82, 2.24) is 19.2 Å². The number of carbonyl (C=O) groups is 1. The lowest BCUT2D eigenvalue weighted by Gasteiger charge is -2.13. The number of benzene rings is 1. The van der Waals surface area contributed by atoms with Crippen LogP contribution in [0.3, 0.4) is 0 Å². The first kappa shape index (κ1) is 23.1. The Morgan fingerprint density at radius 3 is 2.73 bits per heavy atom. The van der Waals surface area contributed by atoms with Crippen LogP contribution in [0.15, 0.2) is 42.7 Å². The molecule has 4 aromatic rings. The molecule has 0 aliphatic carbocycles. The van der Waals surface area contributed by atoms with Crippen LogP contribution in [0.5, 0.6) is 5.75 Å². The topological polar surface area (TPSA) is 61.4 Å². The van der Waals surface area contributed by atoms with Gasteiger partial charge in [0.05, 0.1) is 6.61 Å². The Morgan fingerprint density at radius 1 is 1.15 bits per heavy atom. The van der Waals surface area contributed by atoms with Gasteiger partial charge in [0, 0.05) is 65.4 Å². The summed E-state index contributed by atoms with van der Waals surface area (Å²) < 4.78 is 10.1. The molecule has 0 atom stereocenters. The minimum Gasteiger partial charge on any atom is -0.493 e. The molecule has 0 saturated carbocycles. The number of fused-ring (bicyclic) bond motifs is 1. The largest absolute Gasteiger partial charge is 0.493 e. The fraction of sp³-hybridized carbons (Fsp3) is 0.346. The zero-order valence-corrected chi connectivity index (χ0v) is 20.3. The number of Topliss-reactive ketones (excluding diaryl/α,β-unsaturated/α-hetero) is 1. The highest BCUT2D eigenvalue weighted by molar-refractivity contribution is 6.30. The molecule has 0 aliphatic heterocycles. The second-order valence-electron chi connectivity index (χ2n) is 8.20. The summed E-state index contributed by atoms with van der Waals surface area (Å²) in [6.07, 6.45) is 7.09. The van der Waals surface area contributed by atoms with Gasteiger partial charge in [-0.25, -0.2) is 4.98 Å². The number of aryl methyl sites for hydroxylation is 2. The van der Waals surface area contributed by atoms with Crippen molar-refractivity contribution in [2.45, 2.75) is 46.5 Å². The number of pyridine rings is 1. The zero-order chi connectivity index (χ0) is 23.5. The van der Waals surface area contributed by atoms with E-state index in [9.17, 15) is 4.79 Å². The monoisotopic (exact) mass is 464 g/mol. The van der Waals surface area contributed by atoms with Gasteiger partial charge in [0.25, 0.3) is 0 Å². The number of hydrogen-bond donors (Lipinski definition) is 0. The minimum atomic E-state index is 0.0497. The maximum Gasteiger partial charge on any atom is 0.183 e. The summed E-state index contributed by atoms with van der Waals surface area (Å²) >= 11 is 6.31. The van der Waals surface area contributed by atoms with E-state index < -0.39 is 0 Å². The summed E-state index contributed by atoms with van der Waals surface area (Å²) in [5.74, 6) is 0.762. The first-order chi connectivity index (χ1) is 15.9. The van der Waals surface area contributed by atoms with E-state index >= 15 is 0 Å². The summed E-state index contributed by atoms with van der Waals surface area (Å²) in [5, 5.41) is 5.03. The molecule has 3 heterocycles. The van der Waals surface area contributed by atoms with Gasteiger partial charge >= 0.3 is 0 Å². The van der Waals surface area contributed by atoms with Crippen LogP contribution in [0.25, 0.3) is 16.8 Å². The number of imidazole rings is 1. The van der Waals surface area contributed by atoms with E-state index in [2.05, 4.69) is 33.7 Å². The van der Waals surface area contributed by atoms with E-state index in [0.29, 0.717) is 35.9 Å². The molecule has 4 rings (SSSR count). The van der Waals surface area contributed by atoms with Gasteiger partial charge in [0.1, 0.15) is 17.1 Å². The number of rotatable bonds is 9. The van der Waals surface area contributed by atoms with Crippen LogP contribution in [-0.2, 0) is 19.9 Å². The van der Waals surface area contributed by atoms with E-state index in [1.165, 1.54) is 5.69 Å². The molecular formula is C26H29ClN4O2. The number of aromatic nitrogens is 4. The summed E-state index contributed by atoms with van der Waals surface area (Å²) in [6, 6.07) is 9.77. The van der Waals surface area contributed by atoms with Gasteiger partial charge in [0.15, 0.2) is 5.78 Å². The van der Waals surface area contributed by atoms with Crippen molar-refractivity contribution in [3.63, 3.8) is 0 Å². The van der Waals surface area contributed by atoms with Gasteiger partial charge in [-0.05, 0) is 43.7 Å². The molecule has 33 heavy (non-hydrogen) atoms. The second kappa shape index (κ2) is 9.79. The van der Waals surface area contributed by atoms with Crippen LogP contribution < -0.4 is 4.74 Å². The number of halogens is 1. The highest BCUT2D eigenvalue weighted by Gasteiger charge is 2.18. The third kappa shape index (κ3) is 4.67. The van der Waals surface area contributed by atoms with Crippen LogP contribution in [0, 0.1) is 6.92 Å². The molecule has 0 bridgehead atoms. The first-order valence-electron chi connectivity index (χ1n) is 11.4. The molecule has 0 unspecified atom stereocenters. The molecule has 1 aromatic carbocycles. The van der Waals surface area contributed by atoms with Gasteiger partial charge in [-0.2, -0.15) is 5.10 Å². The van der Waals surface area contributed by atoms with Crippen LogP contribution in [0.4, 0.5) is 0 Å². The molecule has 0 fully saturated rings. The minimum absolute atomic E-state index is 0.0497. The predicted molar refractivity (Wildman–Crippen MR) is 131 cm³/mol. The van der Waals surface area contributed by atoms with Crippen molar-refractivity contribution in [2.75, 3.05) is 6.61 Å². The molecule has 0 aliphatic rings. The molecule has 0 radical (unpaired) electrons. The average molecular weight is 465 g/mol. The third-order valence-corrected chi connectivity index (χ3v) is 6.23. The number of ether oxygens (including phenoxy) is 1. The van der Waals surface area contributed by atoms with E-state index in [4.69, 9.17) is 16.3 Å². The number of carbonyl (C=O) groups excluding carboxylic acids is 1. The molecule has 0 spiro atoms. The van der Waals surface area contributed by atoms with E-state index in [1.807, 2.05) is 51.4 Å². The van der Waals surface area contributed by atoms with Gasteiger partial charge in [-0.1, -0.05) is 31.9 Å². The average Bonchev–Trinajstić information content (AvgIpc) is 3.34. The summed E-state index contributed by atoms with van der Waals surface area (Å²) in [6.45, 7) is 6.41. The highest BCUT2D eigenvalue weighted by atomic mass is 35.5. The number of ketones is 1. The molecule has 172 valence electrons. The van der Waals surface area contributed by atoms with Crippen LogP contribution in [-0.4, -0.2) is 31.6 Å². The molecule has 6 nitrogen and oxygen atoms in total. The Morgan fingerprint density at radius 2 is 1.97 bits per heavy atom. The predicted octanol–water partition coefficient (Wildman–Crippen LogP) is 5.86. The SMILES string of the molecule is CCCc1cnc2ccc(-c3ccc(Cl)cc3OCCc3c(C(=O)CC)nn(C)c3C)cn12. The number of hydrogen-bond acceptors (Lipinski definition) is 4. The quantitative estimate of drug-likeness (QED) is 0.291. The van der Waals surface area contributed by atoms with E-state index in [1.54, 1.807) is 4.68 Å². The van der Waals surface area contributed by atoms with Crippen molar-refractivity contribution in [3.05, 3.63) is 70.4 Å². The highest BCUT2D eigenvalue weighted by Crippen LogP contribution is 2.33. The van der Waals surface area contributed by atoms with Gasteiger partial charge in [-0.3, -0.25) is 9.48 Å². The van der Waals surface area contributed by atoms with E-state index in [0.717, 1.165) is 40.9 Å². The first-order valence-corrected chi connectivity index (χ1v) is 11.7. The molecule has 0 saturated heterocycles. The normalized spacial score (nSPS) is 11.3. The van der Waals surface area contributed by atoms with Crippen LogP contribution >= 0.6 is 11.6 Å². The zero-order valence-electron chi connectivity index (χ0n) is 19.6. The molecule has 3 aromatic heterocycles. The third-order valence-electron chi connectivity index (χ3n) is 6.00. The summed E-state index contributed by atoms with van der Waals surface area (Å²) in [5.41, 5.74) is 6.58. The lowest BCUT2D eigenvalue weighted by Crippen LogP contribution is -2.08. The van der Waals surface area contributed by atoms with Crippen molar-refractivity contribution in [3.8, 4) is 16.9 Å². The summed E-state index contributed by atoms with van der Waals surface area (Å²) in [4.78, 5) is 16.8. The maximum atomic E-state index is 12.3.